The van der Waals surface area contributed by atoms with Crippen LogP contribution in [-0.4, -0.2) is 5.78 Å². The summed E-state index contributed by atoms with van der Waals surface area (Å²) in [7, 11) is 0. The number of ketones is 1. The van der Waals surface area contributed by atoms with E-state index < -0.39 is 5.41 Å². The molecule has 0 amide bonds. The van der Waals surface area contributed by atoms with Gasteiger partial charge < -0.3 is 0 Å². The van der Waals surface area contributed by atoms with Crippen LogP contribution >= 0.6 is 0 Å². The highest BCUT2D eigenvalue weighted by Gasteiger charge is 2.52. The fourth-order valence-corrected chi connectivity index (χ4v) is 6.58. The number of Topliss-reactive ketones (excluding diaryl/α,β-unsaturated/α-hetero) is 1. The van der Waals surface area contributed by atoms with Crippen molar-refractivity contribution >= 4 is 28.1 Å². The summed E-state index contributed by atoms with van der Waals surface area (Å²) in [5.74, 6) is 0.0634. The molecule has 0 bridgehead atoms. The van der Waals surface area contributed by atoms with Crippen LogP contribution in [0.15, 0.2) is 182 Å². The highest BCUT2D eigenvalue weighted by molar-refractivity contribution is 6.46. The van der Waals surface area contributed by atoms with Crippen LogP contribution in [0, 0.1) is 0 Å². The van der Waals surface area contributed by atoms with Gasteiger partial charge in [0.25, 0.3) is 0 Å². The fraction of sp³-hybridized carbons (Fsp3) is 0.0238. The van der Waals surface area contributed by atoms with Gasteiger partial charge in [0, 0.05) is 11.1 Å². The van der Waals surface area contributed by atoms with Crippen LogP contribution in [0.25, 0.3) is 22.3 Å². The second-order valence-electron chi connectivity index (χ2n) is 10.8. The van der Waals surface area contributed by atoms with Gasteiger partial charge in [0.1, 0.15) is 5.41 Å². The summed E-state index contributed by atoms with van der Waals surface area (Å²) in [6.45, 7) is 0. The molecule has 0 aliphatic heterocycles. The van der Waals surface area contributed by atoms with E-state index in [0.717, 1.165) is 55.7 Å². The molecule has 1 aliphatic rings. The van der Waals surface area contributed by atoms with Crippen LogP contribution in [-0.2, 0) is 10.2 Å². The first-order valence-electron chi connectivity index (χ1n) is 14.7. The van der Waals surface area contributed by atoms with Crippen molar-refractivity contribution in [2.24, 2.45) is 0 Å². The SMILES string of the molecule is O=C1C(c2ccccc2)=C(c2ccccc2)C(c2ccccc2)=C(c2ccccc2)C1(c1ccccc1)c1ccccc1. The summed E-state index contributed by atoms with van der Waals surface area (Å²) < 4.78 is 0. The molecule has 6 aromatic carbocycles. The number of hydrogen-bond donors (Lipinski definition) is 0. The molecule has 0 fully saturated rings. The first kappa shape index (κ1) is 26.4. The first-order valence-corrected chi connectivity index (χ1v) is 14.7. The smallest absolute Gasteiger partial charge is 0.183 e. The van der Waals surface area contributed by atoms with Crippen molar-refractivity contribution in [3.63, 3.8) is 0 Å². The maximum atomic E-state index is 15.9. The minimum absolute atomic E-state index is 0.0634. The molecule has 0 aromatic heterocycles. The van der Waals surface area contributed by atoms with E-state index in [1.165, 1.54) is 0 Å². The second-order valence-corrected chi connectivity index (χ2v) is 10.8. The zero-order valence-electron chi connectivity index (χ0n) is 23.7. The summed E-state index contributed by atoms with van der Waals surface area (Å²) in [6.07, 6.45) is 0. The Labute approximate surface area is 253 Å². The Balaban J connectivity index is 1.77. The summed E-state index contributed by atoms with van der Waals surface area (Å²) in [5.41, 5.74) is 8.49. The molecule has 43 heavy (non-hydrogen) atoms. The maximum absolute atomic E-state index is 15.9. The van der Waals surface area contributed by atoms with E-state index in [1.54, 1.807) is 0 Å². The van der Waals surface area contributed by atoms with Crippen molar-refractivity contribution in [3.8, 4) is 0 Å². The molecule has 1 heteroatoms. The molecule has 0 atom stereocenters. The van der Waals surface area contributed by atoms with Crippen LogP contribution in [0.5, 0.6) is 0 Å². The normalized spacial score (nSPS) is 14.6. The lowest BCUT2D eigenvalue weighted by Gasteiger charge is -2.43. The molecular formula is C42H30O. The monoisotopic (exact) mass is 550 g/mol. The molecule has 1 nitrogen and oxygen atoms in total. The third-order valence-electron chi connectivity index (χ3n) is 8.36. The molecule has 0 saturated heterocycles. The standard InChI is InChI=1S/C42H30O/c43-41-39(33-23-11-3-12-24-33)37(31-19-7-1-8-20-31)38(32-21-9-2-10-22-32)40(34-25-13-4-14-26-34)42(41,35-27-15-5-16-28-35)36-29-17-6-18-30-36/h1-30H. The maximum Gasteiger partial charge on any atom is 0.183 e. The lowest BCUT2D eigenvalue weighted by molar-refractivity contribution is -0.116. The van der Waals surface area contributed by atoms with Gasteiger partial charge in [-0.3, -0.25) is 4.79 Å². The van der Waals surface area contributed by atoms with Crippen molar-refractivity contribution in [3.05, 3.63) is 215 Å². The first-order chi connectivity index (χ1) is 21.3. The molecule has 0 unspecified atom stereocenters. The average molecular weight is 551 g/mol. The van der Waals surface area contributed by atoms with Crippen molar-refractivity contribution in [2.45, 2.75) is 5.41 Å². The zero-order chi connectivity index (χ0) is 29.1. The molecule has 6 aromatic rings. The number of carbonyl (C=O) groups excluding carboxylic acids is 1. The van der Waals surface area contributed by atoms with Crippen LogP contribution in [0.4, 0.5) is 0 Å². The van der Waals surface area contributed by atoms with Crippen molar-refractivity contribution < 1.29 is 4.79 Å². The van der Waals surface area contributed by atoms with Gasteiger partial charge in [-0.2, -0.15) is 0 Å². The summed E-state index contributed by atoms with van der Waals surface area (Å²) in [5, 5.41) is 0. The van der Waals surface area contributed by atoms with Crippen molar-refractivity contribution in [1.82, 2.24) is 0 Å². The molecule has 0 saturated carbocycles. The third kappa shape index (κ3) is 4.47. The predicted octanol–water partition coefficient (Wildman–Crippen LogP) is 9.78. The summed E-state index contributed by atoms with van der Waals surface area (Å²) in [4.78, 5) is 15.9. The molecule has 0 N–H and O–H groups in total. The molecule has 7 rings (SSSR count). The van der Waals surface area contributed by atoms with Gasteiger partial charge in [-0.25, -0.2) is 0 Å². The number of allylic oxidation sites excluding steroid dienone is 4. The fourth-order valence-electron chi connectivity index (χ4n) is 6.58. The van der Waals surface area contributed by atoms with E-state index in [2.05, 4.69) is 109 Å². The summed E-state index contributed by atoms with van der Waals surface area (Å²) >= 11 is 0. The Morgan fingerprint density at radius 1 is 0.302 bits per heavy atom. The number of hydrogen-bond acceptors (Lipinski definition) is 1. The van der Waals surface area contributed by atoms with E-state index in [9.17, 15) is 0 Å². The van der Waals surface area contributed by atoms with E-state index in [1.807, 2.05) is 72.8 Å². The predicted molar refractivity (Wildman–Crippen MR) is 178 cm³/mol. The average Bonchev–Trinajstić information content (AvgIpc) is 3.10. The Morgan fingerprint density at radius 3 is 1.00 bits per heavy atom. The molecule has 0 spiro atoms. The van der Waals surface area contributed by atoms with E-state index in [4.69, 9.17) is 0 Å². The van der Waals surface area contributed by atoms with Gasteiger partial charge in [0.15, 0.2) is 5.78 Å². The van der Waals surface area contributed by atoms with Gasteiger partial charge in [-0.15, -0.1) is 0 Å². The molecule has 0 radical (unpaired) electrons. The minimum Gasteiger partial charge on any atom is -0.292 e. The minimum atomic E-state index is -1.11. The number of carbonyl (C=O) groups is 1. The van der Waals surface area contributed by atoms with E-state index in [0.29, 0.717) is 0 Å². The Bertz CT molecular complexity index is 1880. The topological polar surface area (TPSA) is 17.1 Å². The third-order valence-corrected chi connectivity index (χ3v) is 8.36. The zero-order valence-corrected chi connectivity index (χ0v) is 23.7. The number of rotatable bonds is 6. The van der Waals surface area contributed by atoms with Crippen LogP contribution in [0.1, 0.15) is 33.4 Å². The van der Waals surface area contributed by atoms with Crippen molar-refractivity contribution in [1.29, 1.82) is 0 Å². The van der Waals surface area contributed by atoms with Crippen LogP contribution in [0.3, 0.4) is 0 Å². The molecule has 0 heterocycles. The Hall–Kier alpha value is -5.53. The van der Waals surface area contributed by atoms with Crippen molar-refractivity contribution in [2.75, 3.05) is 0 Å². The van der Waals surface area contributed by atoms with Crippen LogP contribution in [0.2, 0.25) is 0 Å². The Morgan fingerprint density at radius 2 is 0.605 bits per heavy atom. The van der Waals surface area contributed by atoms with Gasteiger partial charge in [0.2, 0.25) is 0 Å². The molecule has 1 aliphatic carbocycles. The van der Waals surface area contributed by atoms with Gasteiger partial charge >= 0.3 is 0 Å². The lowest BCUT2D eigenvalue weighted by atomic mass is 9.56. The van der Waals surface area contributed by atoms with Gasteiger partial charge in [-0.05, 0) is 44.5 Å². The summed E-state index contributed by atoms with van der Waals surface area (Å²) in [6, 6.07) is 62.1. The Kier molecular flexibility index (Phi) is 6.99. The number of benzene rings is 6. The van der Waals surface area contributed by atoms with Crippen LogP contribution < -0.4 is 0 Å². The molecule has 204 valence electrons. The quantitative estimate of drug-likeness (QED) is 0.202. The molecular weight excluding hydrogens is 520 g/mol. The van der Waals surface area contributed by atoms with Gasteiger partial charge in [-0.1, -0.05) is 182 Å². The van der Waals surface area contributed by atoms with Gasteiger partial charge in [0.05, 0.1) is 0 Å². The highest BCUT2D eigenvalue weighted by Crippen LogP contribution is 2.58. The van der Waals surface area contributed by atoms with E-state index >= 15 is 4.79 Å². The van der Waals surface area contributed by atoms with E-state index in [-0.39, 0.29) is 5.78 Å². The highest BCUT2D eigenvalue weighted by atomic mass is 16.1. The lowest BCUT2D eigenvalue weighted by Crippen LogP contribution is -2.42. The second kappa shape index (κ2) is 11.4. The largest absolute Gasteiger partial charge is 0.292 e.